The van der Waals surface area contributed by atoms with Crippen LogP contribution in [0.15, 0.2) is 24.3 Å². The van der Waals surface area contributed by atoms with Crippen molar-refractivity contribution < 1.29 is 14.5 Å². The number of rotatable bonds is 4. The van der Waals surface area contributed by atoms with Crippen LogP contribution in [-0.4, -0.2) is 58.8 Å². The number of nitro groups is 1. The van der Waals surface area contributed by atoms with Gasteiger partial charge in [0.05, 0.1) is 4.92 Å². The molecular weight excluding hydrogens is 300 g/mol. The Kier molecular flexibility index (Phi) is 5.28. The minimum Gasteiger partial charge on any atom is -0.339 e. The molecule has 8 nitrogen and oxygen atoms in total. The van der Waals surface area contributed by atoms with Crippen LogP contribution in [0.4, 0.5) is 5.69 Å². The minimum atomic E-state index is -0.503. The van der Waals surface area contributed by atoms with Crippen molar-refractivity contribution in [1.29, 1.82) is 0 Å². The van der Waals surface area contributed by atoms with Gasteiger partial charge in [0.2, 0.25) is 5.91 Å². The maximum atomic E-state index is 12.4. The van der Waals surface area contributed by atoms with Crippen molar-refractivity contribution in [2.45, 2.75) is 19.4 Å². The van der Waals surface area contributed by atoms with E-state index in [9.17, 15) is 19.7 Å². The lowest BCUT2D eigenvalue weighted by atomic mass is 10.1. The van der Waals surface area contributed by atoms with E-state index in [1.807, 2.05) is 0 Å². The molecule has 8 heteroatoms. The van der Waals surface area contributed by atoms with Crippen LogP contribution >= 0.6 is 0 Å². The maximum absolute atomic E-state index is 12.4. The number of piperazine rings is 1. The largest absolute Gasteiger partial charge is 0.339 e. The van der Waals surface area contributed by atoms with Gasteiger partial charge in [-0.15, -0.1) is 0 Å². The SMILES string of the molecule is CC(N)CC(=O)N1CCN(C(=O)c2ccc([N+](=O)[O-])cc2)CC1. The Morgan fingerprint density at radius 1 is 1.17 bits per heavy atom. The molecule has 1 aromatic carbocycles. The fraction of sp³-hybridized carbons (Fsp3) is 0.467. The Labute approximate surface area is 134 Å². The fourth-order valence-electron chi connectivity index (χ4n) is 2.47. The fourth-order valence-corrected chi connectivity index (χ4v) is 2.47. The zero-order chi connectivity index (χ0) is 17.0. The molecule has 0 saturated carbocycles. The summed E-state index contributed by atoms with van der Waals surface area (Å²) >= 11 is 0. The highest BCUT2D eigenvalue weighted by Crippen LogP contribution is 2.15. The minimum absolute atomic E-state index is 0.00225. The summed E-state index contributed by atoms with van der Waals surface area (Å²) in [4.78, 5) is 37.8. The lowest BCUT2D eigenvalue weighted by Gasteiger charge is -2.35. The third-order valence-corrected chi connectivity index (χ3v) is 3.74. The number of benzene rings is 1. The highest BCUT2D eigenvalue weighted by molar-refractivity contribution is 5.94. The number of carbonyl (C=O) groups excluding carboxylic acids is 2. The number of nitro benzene ring substituents is 1. The van der Waals surface area contributed by atoms with Crippen LogP contribution in [0.25, 0.3) is 0 Å². The van der Waals surface area contributed by atoms with Crippen molar-refractivity contribution >= 4 is 17.5 Å². The van der Waals surface area contributed by atoms with E-state index >= 15 is 0 Å². The smallest absolute Gasteiger partial charge is 0.269 e. The topological polar surface area (TPSA) is 110 Å². The van der Waals surface area contributed by atoms with E-state index in [0.717, 1.165) is 0 Å². The first kappa shape index (κ1) is 16.9. The van der Waals surface area contributed by atoms with E-state index in [-0.39, 0.29) is 23.5 Å². The summed E-state index contributed by atoms with van der Waals surface area (Å²) < 4.78 is 0. The van der Waals surface area contributed by atoms with E-state index < -0.39 is 4.92 Å². The molecule has 1 heterocycles. The van der Waals surface area contributed by atoms with Crippen molar-refractivity contribution in [1.82, 2.24) is 9.80 Å². The quantitative estimate of drug-likeness (QED) is 0.646. The molecule has 1 aliphatic heterocycles. The summed E-state index contributed by atoms with van der Waals surface area (Å²) in [5.41, 5.74) is 5.99. The highest BCUT2D eigenvalue weighted by Gasteiger charge is 2.25. The molecule has 0 bridgehead atoms. The molecular formula is C15H20N4O4. The first-order valence-corrected chi connectivity index (χ1v) is 7.45. The van der Waals surface area contributed by atoms with Crippen molar-refractivity contribution in [2.75, 3.05) is 26.2 Å². The summed E-state index contributed by atoms with van der Waals surface area (Å²) in [6, 6.07) is 5.36. The van der Waals surface area contributed by atoms with Gasteiger partial charge in [-0.3, -0.25) is 19.7 Å². The molecule has 2 N–H and O–H groups in total. The first-order valence-electron chi connectivity index (χ1n) is 7.45. The number of amides is 2. The van der Waals surface area contributed by atoms with Crippen LogP contribution in [0.2, 0.25) is 0 Å². The predicted molar refractivity (Wildman–Crippen MR) is 83.8 cm³/mol. The van der Waals surface area contributed by atoms with Crippen molar-refractivity contribution in [3.8, 4) is 0 Å². The average Bonchev–Trinajstić information content (AvgIpc) is 2.53. The van der Waals surface area contributed by atoms with Crippen LogP contribution in [0.5, 0.6) is 0 Å². The molecule has 1 aromatic rings. The molecule has 0 spiro atoms. The Morgan fingerprint density at radius 2 is 1.70 bits per heavy atom. The number of non-ortho nitro benzene ring substituents is 1. The van der Waals surface area contributed by atoms with Gasteiger partial charge in [-0.05, 0) is 19.1 Å². The van der Waals surface area contributed by atoms with E-state index in [1.165, 1.54) is 24.3 Å². The summed E-state index contributed by atoms with van der Waals surface area (Å²) in [5.74, 6) is -0.179. The maximum Gasteiger partial charge on any atom is 0.269 e. The van der Waals surface area contributed by atoms with Crippen molar-refractivity contribution in [2.24, 2.45) is 5.73 Å². The van der Waals surface area contributed by atoms with Gasteiger partial charge in [-0.2, -0.15) is 0 Å². The van der Waals surface area contributed by atoms with Gasteiger partial charge in [0.1, 0.15) is 0 Å². The molecule has 1 atom stereocenters. The number of carbonyl (C=O) groups is 2. The molecule has 2 rings (SSSR count). The summed E-state index contributed by atoms with van der Waals surface area (Å²) in [7, 11) is 0. The molecule has 124 valence electrons. The van der Waals surface area contributed by atoms with Crippen molar-refractivity contribution in [3.05, 3.63) is 39.9 Å². The molecule has 0 aromatic heterocycles. The number of nitrogens with zero attached hydrogens (tertiary/aromatic N) is 3. The van der Waals surface area contributed by atoms with Crippen LogP contribution in [0.1, 0.15) is 23.7 Å². The predicted octanol–water partition coefficient (Wildman–Crippen LogP) is 0.617. The molecule has 1 fully saturated rings. The molecule has 2 amide bonds. The summed E-state index contributed by atoms with van der Waals surface area (Å²) in [5, 5.41) is 10.6. The number of hydrogen-bond acceptors (Lipinski definition) is 5. The van der Waals surface area contributed by atoms with Crippen LogP contribution in [0, 0.1) is 10.1 Å². The number of hydrogen-bond donors (Lipinski definition) is 1. The van der Waals surface area contributed by atoms with Gasteiger partial charge in [-0.1, -0.05) is 0 Å². The van der Waals surface area contributed by atoms with Gasteiger partial charge < -0.3 is 15.5 Å². The van der Waals surface area contributed by atoms with Gasteiger partial charge in [0.15, 0.2) is 0 Å². The Balaban J connectivity index is 1.93. The van der Waals surface area contributed by atoms with Crippen molar-refractivity contribution in [3.63, 3.8) is 0 Å². The summed E-state index contributed by atoms with van der Waals surface area (Å²) in [6.07, 6.45) is 0.302. The van der Waals surface area contributed by atoms with E-state index in [0.29, 0.717) is 38.2 Å². The lowest BCUT2D eigenvalue weighted by Crippen LogP contribution is -2.51. The van der Waals surface area contributed by atoms with E-state index in [4.69, 9.17) is 5.73 Å². The highest BCUT2D eigenvalue weighted by atomic mass is 16.6. The lowest BCUT2D eigenvalue weighted by molar-refractivity contribution is -0.384. The molecule has 1 saturated heterocycles. The molecule has 23 heavy (non-hydrogen) atoms. The van der Waals surface area contributed by atoms with E-state index in [1.54, 1.807) is 16.7 Å². The van der Waals surface area contributed by atoms with Gasteiger partial charge >= 0.3 is 0 Å². The average molecular weight is 320 g/mol. The Hall–Kier alpha value is -2.48. The number of nitrogens with two attached hydrogens (primary N) is 1. The first-order chi connectivity index (χ1) is 10.9. The van der Waals surface area contributed by atoms with Gasteiger partial charge in [0.25, 0.3) is 11.6 Å². The van der Waals surface area contributed by atoms with Crippen LogP contribution < -0.4 is 5.73 Å². The molecule has 1 aliphatic rings. The second-order valence-corrected chi connectivity index (χ2v) is 5.66. The van der Waals surface area contributed by atoms with E-state index in [2.05, 4.69) is 0 Å². The third-order valence-electron chi connectivity index (χ3n) is 3.74. The molecule has 0 aliphatic carbocycles. The second-order valence-electron chi connectivity index (χ2n) is 5.66. The van der Waals surface area contributed by atoms with Crippen LogP contribution in [0.3, 0.4) is 0 Å². The van der Waals surface area contributed by atoms with Gasteiger partial charge in [0, 0.05) is 56.3 Å². The third kappa shape index (κ3) is 4.26. The normalized spacial score (nSPS) is 16.1. The second kappa shape index (κ2) is 7.19. The zero-order valence-electron chi connectivity index (χ0n) is 13.0. The van der Waals surface area contributed by atoms with Crippen LogP contribution in [-0.2, 0) is 4.79 Å². The zero-order valence-corrected chi connectivity index (χ0v) is 13.0. The Bertz CT molecular complexity index is 592. The summed E-state index contributed by atoms with van der Waals surface area (Å²) in [6.45, 7) is 3.63. The molecule has 0 radical (unpaired) electrons. The standard InChI is InChI=1S/C15H20N4O4/c1-11(16)10-14(20)17-6-8-18(9-7-17)15(21)12-2-4-13(5-3-12)19(22)23/h2-5,11H,6-10,16H2,1H3. The van der Waals surface area contributed by atoms with Gasteiger partial charge in [-0.25, -0.2) is 0 Å². The molecule has 1 unspecified atom stereocenters. The Morgan fingerprint density at radius 3 is 2.17 bits per heavy atom. The monoisotopic (exact) mass is 320 g/mol.